The van der Waals surface area contributed by atoms with Gasteiger partial charge in [0.15, 0.2) is 0 Å². The van der Waals surface area contributed by atoms with Crippen LogP contribution in [0.25, 0.3) is 5.69 Å². The molecule has 1 saturated carbocycles. The second-order valence-corrected chi connectivity index (χ2v) is 8.57. The van der Waals surface area contributed by atoms with Crippen molar-refractivity contribution in [3.63, 3.8) is 0 Å². The molecular weight excluding hydrogens is 326 g/mol. The smallest absolute Gasteiger partial charge is 0.354 e. The standard InChI is InChI=1S/C20H27N5O/c1-19(2,12-24-10-15-9-20(15,11-21)13-24)14-3-5-16(6-4-14)25-8-7-17(22)23-18(25)26/h3-8,15H,9-13,21H2,1-2H3,(H2,22,23,26). The first-order valence-corrected chi connectivity index (χ1v) is 9.22. The van der Waals surface area contributed by atoms with Gasteiger partial charge in [-0.25, -0.2) is 4.79 Å². The average Bonchev–Trinajstić information content (AvgIpc) is 3.16. The Labute approximate surface area is 153 Å². The van der Waals surface area contributed by atoms with Crippen LogP contribution in [0.1, 0.15) is 25.8 Å². The molecule has 26 heavy (non-hydrogen) atoms. The largest absolute Gasteiger partial charge is 0.383 e. The predicted molar refractivity (Wildman–Crippen MR) is 103 cm³/mol. The van der Waals surface area contributed by atoms with E-state index < -0.39 is 0 Å². The molecule has 2 fully saturated rings. The van der Waals surface area contributed by atoms with E-state index in [1.165, 1.54) is 23.1 Å². The highest BCUT2D eigenvalue weighted by Crippen LogP contribution is 2.57. The molecule has 1 aliphatic carbocycles. The minimum atomic E-state index is -0.361. The van der Waals surface area contributed by atoms with Crippen molar-refractivity contribution in [1.82, 2.24) is 14.5 Å². The Bertz CT molecular complexity index is 869. The first-order chi connectivity index (χ1) is 12.3. The van der Waals surface area contributed by atoms with Crippen molar-refractivity contribution in [3.05, 3.63) is 52.6 Å². The van der Waals surface area contributed by atoms with Gasteiger partial charge in [-0.05, 0) is 48.1 Å². The second-order valence-electron chi connectivity index (χ2n) is 8.57. The maximum absolute atomic E-state index is 12.0. The topological polar surface area (TPSA) is 90.2 Å². The third-order valence-corrected chi connectivity index (χ3v) is 6.15. The highest BCUT2D eigenvalue weighted by atomic mass is 16.1. The maximum atomic E-state index is 12.0. The molecular formula is C20H27N5O. The minimum Gasteiger partial charge on any atom is -0.383 e. The predicted octanol–water partition coefficient (Wildman–Crippen LogP) is 1.37. The van der Waals surface area contributed by atoms with Gasteiger partial charge in [-0.3, -0.25) is 4.57 Å². The normalized spacial score (nSPS) is 25.3. The Morgan fingerprint density at radius 2 is 2.00 bits per heavy atom. The number of rotatable bonds is 5. The first-order valence-electron chi connectivity index (χ1n) is 9.22. The third kappa shape index (κ3) is 2.93. The highest BCUT2D eigenvalue weighted by Gasteiger charge is 2.58. The van der Waals surface area contributed by atoms with Crippen LogP contribution in [0.4, 0.5) is 5.82 Å². The van der Waals surface area contributed by atoms with Crippen LogP contribution in [0.3, 0.4) is 0 Å². The van der Waals surface area contributed by atoms with Gasteiger partial charge in [0, 0.05) is 31.2 Å². The fourth-order valence-electron chi connectivity index (χ4n) is 4.48. The van der Waals surface area contributed by atoms with Crippen molar-refractivity contribution >= 4 is 5.82 Å². The molecule has 1 aromatic carbocycles. The molecule has 0 bridgehead atoms. The summed E-state index contributed by atoms with van der Waals surface area (Å²) >= 11 is 0. The first kappa shape index (κ1) is 17.2. The lowest BCUT2D eigenvalue weighted by atomic mass is 9.84. The molecule has 0 amide bonds. The number of piperidine rings is 1. The molecule has 1 aromatic heterocycles. The van der Waals surface area contributed by atoms with Gasteiger partial charge >= 0.3 is 5.69 Å². The highest BCUT2D eigenvalue weighted by molar-refractivity contribution is 5.38. The number of hydrogen-bond acceptors (Lipinski definition) is 5. The number of nitrogen functional groups attached to an aromatic ring is 1. The summed E-state index contributed by atoms with van der Waals surface area (Å²) in [5.41, 5.74) is 13.7. The van der Waals surface area contributed by atoms with E-state index >= 15 is 0 Å². The molecule has 4 N–H and O–H groups in total. The fraction of sp³-hybridized carbons (Fsp3) is 0.500. The zero-order valence-corrected chi connectivity index (χ0v) is 15.5. The summed E-state index contributed by atoms with van der Waals surface area (Å²) in [5.74, 6) is 1.04. The van der Waals surface area contributed by atoms with E-state index in [0.29, 0.717) is 5.41 Å². The zero-order valence-electron chi connectivity index (χ0n) is 15.5. The molecule has 2 aromatic rings. The molecule has 2 unspecified atom stereocenters. The summed E-state index contributed by atoms with van der Waals surface area (Å²) in [6, 6.07) is 9.78. The fourth-order valence-corrected chi connectivity index (χ4v) is 4.48. The molecule has 6 nitrogen and oxygen atoms in total. The van der Waals surface area contributed by atoms with Crippen molar-refractivity contribution in [2.45, 2.75) is 25.7 Å². The number of nitrogens with zero attached hydrogens (tertiary/aromatic N) is 3. The molecule has 2 aliphatic rings. The Morgan fingerprint density at radius 1 is 1.27 bits per heavy atom. The van der Waals surface area contributed by atoms with E-state index in [2.05, 4.69) is 35.9 Å². The number of hydrogen-bond donors (Lipinski definition) is 2. The van der Waals surface area contributed by atoms with E-state index in [4.69, 9.17) is 11.5 Å². The monoisotopic (exact) mass is 353 g/mol. The quantitative estimate of drug-likeness (QED) is 0.847. The number of likely N-dealkylation sites (tertiary alicyclic amines) is 1. The van der Waals surface area contributed by atoms with Crippen LogP contribution in [0, 0.1) is 11.3 Å². The van der Waals surface area contributed by atoms with Crippen molar-refractivity contribution in [2.75, 3.05) is 31.9 Å². The molecule has 0 spiro atoms. The van der Waals surface area contributed by atoms with E-state index in [-0.39, 0.29) is 16.9 Å². The molecule has 138 valence electrons. The third-order valence-electron chi connectivity index (χ3n) is 6.15. The Hall–Kier alpha value is -2.18. The minimum absolute atomic E-state index is 0.0371. The lowest BCUT2D eigenvalue weighted by molar-refractivity contribution is 0.231. The summed E-state index contributed by atoms with van der Waals surface area (Å²) in [4.78, 5) is 18.3. The van der Waals surface area contributed by atoms with Gasteiger partial charge in [0.1, 0.15) is 5.82 Å². The van der Waals surface area contributed by atoms with Gasteiger partial charge in [-0.15, -0.1) is 0 Å². The van der Waals surface area contributed by atoms with Crippen LogP contribution in [-0.2, 0) is 5.41 Å². The van der Waals surface area contributed by atoms with E-state index in [9.17, 15) is 4.79 Å². The lowest BCUT2D eigenvalue weighted by Crippen LogP contribution is -2.38. The summed E-state index contributed by atoms with van der Waals surface area (Å²) in [7, 11) is 0. The Kier molecular flexibility index (Phi) is 3.93. The van der Waals surface area contributed by atoms with Gasteiger partial charge in [0.25, 0.3) is 0 Å². The van der Waals surface area contributed by atoms with Crippen molar-refractivity contribution < 1.29 is 0 Å². The summed E-state index contributed by atoms with van der Waals surface area (Å²) in [6.07, 6.45) is 2.97. The number of nitrogens with two attached hydrogens (primary N) is 2. The van der Waals surface area contributed by atoms with E-state index in [1.807, 2.05) is 12.1 Å². The Balaban J connectivity index is 1.50. The number of fused-ring (bicyclic) bond motifs is 1. The molecule has 2 atom stereocenters. The molecule has 4 rings (SSSR count). The van der Waals surface area contributed by atoms with E-state index in [1.54, 1.807) is 12.3 Å². The lowest BCUT2D eigenvalue weighted by Gasteiger charge is -2.32. The number of benzene rings is 1. The van der Waals surface area contributed by atoms with Gasteiger partial charge < -0.3 is 16.4 Å². The second kappa shape index (κ2) is 5.93. The summed E-state index contributed by atoms with van der Waals surface area (Å²) < 4.78 is 1.51. The SMILES string of the molecule is CC(C)(CN1CC2CC2(CN)C1)c1ccc(-n2ccc(N)nc2=O)cc1. The summed E-state index contributed by atoms with van der Waals surface area (Å²) in [5, 5.41) is 0. The molecule has 0 radical (unpaired) electrons. The molecule has 6 heteroatoms. The van der Waals surface area contributed by atoms with E-state index in [0.717, 1.165) is 31.2 Å². The van der Waals surface area contributed by atoms with Gasteiger partial charge in [0.05, 0.1) is 5.69 Å². The maximum Gasteiger partial charge on any atom is 0.354 e. The van der Waals surface area contributed by atoms with Gasteiger partial charge in [-0.1, -0.05) is 26.0 Å². The van der Waals surface area contributed by atoms with Crippen LogP contribution in [-0.4, -0.2) is 40.6 Å². The van der Waals surface area contributed by atoms with Crippen molar-refractivity contribution in [1.29, 1.82) is 0 Å². The van der Waals surface area contributed by atoms with Crippen molar-refractivity contribution in [2.24, 2.45) is 17.1 Å². The van der Waals surface area contributed by atoms with Crippen LogP contribution in [0.2, 0.25) is 0 Å². The Morgan fingerprint density at radius 3 is 2.62 bits per heavy atom. The average molecular weight is 353 g/mol. The number of anilines is 1. The number of aromatic nitrogens is 2. The van der Waals surface area contributed by atoms with Crippen LogP contribution in [0.5, 0.6) is 0 Å². The van der Waals surface area contributed by atoms with Gasteiger partial charge in [-0.2, -0.15) is 4.98 Å². The zero-order chi connectivity index (χ0) is 18.5. The van der Waals surface area contributed by atoms with Crippen LogP contribution >= 0.6 is 0 Å². The summed E-state index contributed by atoms with van der Waals surface area (Å²) in [6.45, 7) is 8.69. The molecule has 1 aliphatic heterocycles. The molecule has 1 saturated heterocycles. The van der Waals surface area contributed by atoms with Crippen molar-refractivity contribution in [3.8, 4) is 5.69 Å². The van der Waals surface area contributed by atoms with Crippen LogP contribution in [0.15, 0.2) is 41.3 Å². The van der Waals surface area contributed by atoms with Gasteiger partial charge in [0.2, 0.25) is 0 Å². The molecule has 2 heterocycles. The van der Waals surface area contributed by atoms with Crippen LogP contribution < -0.4 is 17.2 Å².